The van der Waals surface area contributed by atoms with Crippen molar-refractivity contribution in [2.45, 2.75) is 12.3 Å². The molecule has 0 amide bonds. The lowest BCUT2D eigenvalue weighted by molar-refractivity contribution is -0.201. The molecule has 0 radical (unpaired) electrons. The summed E-state index contributed by atoms with van der Waals surface area (Å²) in [4.78, 5) is 14.8. The summed E-state index contributed by atoms with van der Waals surface area (Å²) in [5.74, 6) is -5.10. The zero-order chi connectivity index (χ0) is 16.8. The molecule has 0 aliphatic carbocycles. The number of ether oxygens (including phenoxy) is 1. The van der Waals surface area contributed by atoms with Crippen molar-refractivity contribution in [3.63, 3.8) is 0 Å². The van der Waals surface area contributed by atoms with Gasteiger partial charge in [-0.2, -0.15) is 17.6 Å². The van der Waals surface area contributed by atoms with Crippen molar-refractivity contribution in [2.75, 3.05) is 13.1 Å². The Bertz CT molecular complexity index is 769. The van der Waals surface area contributed by atoms with E-state index >= 15 is 0 Å². The average molecular weight is 337 g/mol. The lowest BCUT2D eigenvalue weighted by Crippen LogP contribution is -2.50. The molecule has 1 aliphatic rings. The van der Waals surface area contributed by atoms with E-state index in [1.54, 1.807) is 0 Å². The van der Waals surface area contributed by atoms with E-state index in [1.165, 1.54) is 0 Å². The Morgan fingerprint density at radius 2 is 2.00 bits per heavy atom. The highest BCUT2D eigenvalue weighted by atomic mass is 19.4. The van der Waals surface area contributed by atoms with Crippen molar-refractivity contribution in [3.05, 3.63) is 23.9 Å². The Morgan fingerprint density at radius 1 is 1.30 bits per heavy atom. The summed E-state index contributed by atoms with van der Waals surface area (Å²) < 4.78 is 69.3. The van der Waals surface area contributed by atoms with Gasteiger partial charge in [-0.15, -0.1) is 5.10 Å². The zero-order valence-corrected chi connectivity index (χ0v) is 11.2. The fourth-order valence-electron chi connectivity index (χ4n) is 1.87. The maximum Gasteiger partial charge on any atom is 0.493 e. The molecule has 1 aromatic heterocycles. The van der Waals surface area contributed by atoms with Crippen LogP contribution < -0.4 is 14.9 Å². The predicted octanol–water partition coefficient (Wildman–Crippen LogP) is 1.18. The van der Waals surface area contributed by atoms with Gasteiger partial charge in [-0.05, 0) is 6.07 Å². The fourth-order valence-corrected chi connectivity index (χ4v) is 1.87. The summed E-state index contributed by atoms with van der Waals surface area (Å²) in [5.41, 5.74) is -0.371. The van der Waals surface area contributed by atoms with Crippen LogP contribution in [0.15, 0.2) is 12.1 Å². The van der Waals surface area contributed by atoms with Crippen molar-refractivity contribution in [2.24, 2.45) is 0 Å². The molecule has 2 aromatic rings. The van der Waals surface area contributed by atoms with Gasteiger partial charge in [0, 0.05) is 19.2 Å². The monoisotopic (exact) mass is 337 g/mol. The summed E-state index contributed by atoms with van der Waals surface area (Å²) >= 11 is 0. The molecular weight excluding hydrogens is 329 g/mol. The van der Waals surface area contributed by atoms with Gasteiger partial charge in [-0.25, -0.2) is 9.18 Å². The predicted molar refractivity (Wildman–Crippen MR) is 64.6 cm³/mol. The highest BCUT2D eigenvalue weighted by molar-refractivity contribution is 5.82. The zero-order valence-electron chi connectivity index (χ0n) is 11.2. The summed E-state index contributed by atoms with van der Waals surface area (Å²) in [6.45, 7) is 0.933. The molecule has 6 nitrogen and oxygen atoms in total. The molecule has 0 saturated carbocycles. The largest absolute Gasteiger partial charge is 0.493 e. The number of rotatable bonds is 3. The number of hydrogen-bond donors (Lipinski definition) is 1. The second kappa shape index (κ2) is 5.33. The molecule has 23 heavy (non-hydrogen) atoms. The second-order valence-electron chi connectivity index (χ2n) is 4.74. The van der Waals surface area contributed by atoms with Crippen molar-refractivity contribution < 1.29 is 36.3 Å². The first-order valence-electron chi connectivity index (χ1n) is 6.30. The van der Waals surface area contributed by atoms with Crippen LogP contribution in [0.4, 0.5) is 22.0 Å². The van der Waals surface area contributed by atoms with Gasteiger partial charge in [0.1, 0.15) is 11.6 Å². The van der Waals surface area contributed by atoms with Crippen LogP contribution in [-0.4, -0.2) is 41.3 Å². The van der Waals surface area contributed by atoms with Gasteiger partial charge in [0.05, 0.1) is 5.39 Å². The van der Waals surface area contributed by atoms with E-state index in [2.05, 4.69) is 15.3 Å². The molecule has 3 rings (SSSR count). The van der Waals surface area contributed by atoms with E-state index < -0.39 is 29.3 Å². The lowest BCUT2D eigenvalue weighted by atomic mass is 10.2. The van der Waals surface area contributed by atoms with Gasteiger partial charge in [-0.1, -0.05) is 4.85 Å². The molecule has 0 atom stereocenters. The van der Waals surface area contributed by atoms with E-state index in [1.807, 2.05) is 0 Å². The molecule has 0 unspecified atom stereocenters. The minimum absolute atomic E-state index is 0.0474. The van der Waals surface area contributed by atoms with Gasteiger partial charge in [0.25, 0.3) is 0 Å². The van der Waals surface area contributed by atoms with Crippen LogP contribution in [0.2, 0.25) is 0 Å². The third-order valence-electron chi connectivity index (χ3n) is 3.10. The SMILES string of the molecule is O=C(On1nc(F)c2cc(F)c(OC3CNC3)cc21)C(F)(F)F. The van der Waals surface area contributed by atoms with Crippen LogP contribution >= 0.6 is 0 Å². The molecule has 11 heteroatoms. The average Bonchev–Trinajstić information content (AvgIpc) is 2.69. The molecule has 1 saturated heterocycles. The molecule has 0 spiro atoms. The van der Waals surface area contributed by atoms with Crippen LogP contribution in [0.5, 0.6) is 5.75 Å². The summed E-state index contributed by atoms with van der Waals surface area (Å²) in [5, 5.41) is 5.44. The third-order valence-corrected chi connectivity index (χ3v) is 3.10. The molecule has 2 heterocycles. The molecule has 1 aliphatic heterocycles. The minimum atomic E-state index is -5.29. The van der Waals surface area contributed by atoms with Crippen LogP contribution in [0, 0.1) is 11.8 Å². The van der Waals surface area contributed by atoms with Crippen molar-refractivity contribution >= 4 is 16.9 Å². The smallest absolute Gasteiger partial charge is 0.485 e. The fraction of sp³-hybridized carbons (Fsp3) is 0.333. The van der Waals surface area contributed by atoms with Gasteiger partial charge in [0.2, 0.25) is 5.95 Å². The van der Waals surface area contributed by atoms with Crippen LogP contribution in [0.3, 0.4) is 0 Å². The van der Waals surface area contributed by atoms with Crippen LogP contribution in [0.25, 0.3) is 10.9 Å². The van der Waals surface area contributed by atoms with E-state index in [9.17, 15) is 26.7 Å². The quantitative estimate of drug-likeness (QED) is 0.852. The number of benzene rings is 1. The second-order valence-corrected chi connectivity index (χ2v) is 4.74. The number of fused-ring (bicyclic) bond motifs is 1. The standard InChI is InChI=1S/C12H8F5N3O3/c13-7-1-6-8(2-9(7)22-5-3-18-4-5)20(19-10(6)14)23-11(21)12(15,16)17/h1-2,5,18H,3-4H2. The minimum Gasteiger partial charge on any atom is -0.485 e. The van der Waals surface area contributed by atoms with E-state index in [-0.39, 0.29) is 22.2 Å². The van der Waals surface area contributed by atoms with Crippen molar-refractivity contribution in [3.8, 4) is 5.75 Å². The molecule has 1 fully saturated rings. The lowest BCUT2D eigenvalue weighted by Gasteiger charge is -2.27. The molecule has 1 N–H and O–H groups in total. The number of hydrogen-bond acceptors (Lipinski definition) is 5. The summed E-state index contributed by atoms with van der Waals surface area (Å²) in [6.07, 6.45) is -5.60. The number of aromatic nitrogens is 2. The van der Waals surface area contributed by atoms with Gasteiger partial charge in [-0.3, -0.25) is 0 Å². The number of carbonyl (C=O) groups is 1. The molecule has 124 valence electrons. The third kappa shape index (κ3) is 2.91. The number of alkyl halides is 3. The van der Waals surface area contributed by atoms with Gasteiger partial charge in [0.15, 0.2) is 11.6 Å². The normalized spacial score (nSPS) is 15.5. The number of halogens is 5. The Morgan fingerprint density at radius 3 is 2.57 bits per heavy atom. The van der Waals surface area contributed by atoms with Crippen LogP contribution in [0.1, 0.15) is 0 Å². The molecular formula is C12H8F5N3O3. The first-order valence-corrected chi connectivity index (χ1v) is 6.30. The first kappa shape index (κ1) is 15.5. The Balaban J connectivity index is 1.98. The number of nitrogens with one attached hydrogen (secondary N) is 1. The highest BCUT2D eigenvalue weighted by Gasteiger charge is 2.42. The maximum atomic E-state index is 13.8. The van der Waals surface area contributed by atoms with Gasteiger partial charge < -0.3 is 14.9 Å². The first-order chi connectivity index (χ1) is 10.8. The van der Waals surface area contributed by atoms with E-state index in [0.29, 0.717) is 19.2 Å². The number of carbonyl (C=O) groups excluding carboxylic acids is 1. The number of nitrogens with zero attached hydrogens (tertiary/aromatic N) is 2. The Kier molecular flexibility index (Phi) is 3.59. The topological polar surface area (TPSA) is 65.4 Å². The van der Waals surface area contributed by atoms with E-state index in [4.69, 9.17) is 4.74 Å². The highest BCUT2D eigenvalue weighted by Crippen LogP contribution is 2.28. The molecule has 0 bridgehead atoms. The van der Waals surface area contributed by atoms with Crippen molar-refractivity contribution in [1.29, 1.82) is 0 Å². The Hall–Kier alpha value is -2.43. The molecule has 1 aromatic carbocycles. The van der Waals surface area contributed by atoms with Crippen molar-refractivity contribution in [1.82, 2.24) is 15.3 Å². The summed E-state index contributed by atoms with van der Waals surface area (Å²) in [7, 11) is 0. The van der Waals surface area contributed by atoms with Crippen LogP contribution in [-0.2, 0) is 4.79 Å². The summed E-state index contributed by atoms with van der Waals surface area (Å²) in [6, 6.07) is 1.62. The van der Waals surface area contributed by atoms with E-state index in [0.717, 1.165) is 6.07 Å². The Labute approximate surface area is 124 Å². The maximum absolute atomic E-state index is 13.8. The van der Waals surface area contributed by atoms with Gasteiger partial charge >= 0.3 is 12.1 Å².